The summed E-state index contributed by atoms with van der Waals surface area (Å²) in [7, 11) is 0. The third kappa shape index (κ3) is 2.31. The van der Waals surface area contributed by atoms with Gasteiger partial charge in [0.05, 0.1) is 12.1 Å². The van der Waals surface area contributed by atoms with Crippen LogP contribution >= 0.6 is 0 Å². The van der Waals surface area contributed by atoms with Gasteiger partial charge in [-0.3, -0.25) is 0 Å². The lowest BCUT2D eigenvalue weighted by molar-refractivity contribution is -0.120. The van der Waals surface area contributed by atoms with Crippen molar-refractivity contribution >= 4 is 12.0 Å². The molecule has 2 atom stereocenters. The summed E-state index contributed by atoms with van der Waals surface area (Å²) in [6, 6.07) is 4.88. The van der Waals surface area contributed by atoms with Gasteiger partial charge in [0.25, 0.3) is 0 Å². The van der Waals surface area contributed by atoms with Gasteiger partial charge in [0, 0.05) is 24.3 Å². The van der Waals surface area contributed by atoms with E-state index in [0.29, 0.717) is 11.3 Å². The van der Waals surface area contributed by atoms with E-state index in [1.54, 1.807) is 12.1 Å². The van der Waals surface area contributed by atoms with Gasteiger partial charge in [0.15, 0.2) is 0 Å². The molecule has 2 aliphatic rings. The van der Waals surface area contributed by atoms with Crippen molar-refractivity contribution in [3.05, 3.63) is 29.6 Å². The van der Waals surface area contributed by atoms with Crippen LogP contribution in [0.4, 0.5) is 10.1 Å². The molecule has 0 bridgehead atoms. The maximum absolute atomic E-state index is 14.1. The fourth-order valence-corrected chi connectivity index (χ4v) is 3.42. The van der Waals surface area contributed by atoms with Crippen molar-refractivity contribution in [3.63, 3.8) is 0 Å². The number of carbonyl (C=O) groups is 1. The number of nitrogens with two attached hydrogens (primary N) is 1. The molecular weight excluding hydrogens is 257 g/mol. The number of carbonyl (C=O) groups excluding carboxylic acids is 1. The predicted molar refractivity (Wildman–Crippen MR) is 75.3 cm³/mol. The lowest BCUT2D eigenvalue weighted by Gasteiger charge is -2.36. The highest BCUT2D eigenvalue weighted by Gasteiger charge is 2.37. The molecule has 2 saturated heterocycles. The van der Waals surface area contributed by atoms with Gasteiger partial charge in [-0.25, -0.2) is 14.4 Å². The fourth-order valence-electron chi connectivity index (χ4n) is 3.42. The summed E-state index contributed by atoms with van der Waals surface area (Å²) in [4.78, 5) is 11.2. The standard InChI is InChI=1S/C15H20FN3O/c16-14-9-11(17)5-6-13(14)15-4-2-8-19(15)18-7-1-3-12(18)10-20/h5-6,9-10,12,15H,1-4,7-8,17H2/t12-,15?/m0/s1. The van der Waals surface area contributed by atoms with E-state index >= 15 is 0 Å². The number of hydrazine groups is 1. The summed E-state index contributed by atoms with van der Waals surface area (Å²) in [5.41, 5.74) is 6.75. The minimum Gasteiger partial charge on any atom is -0.399 e. The quantitative estimate of drug-likeness (QED) is 0.679. The third-order valence-corrected chi connectivity index (χ3v) is 4.37. The molecule has 0 aliphatic carbocycles. The second kappa shape index (κ2) is 5.50. The molecule has 0 aromatic heterocycles. The molecule has 2 N–H and O–H groups in total. The van der Waals surface area contributed by atoms with Crippen LogP contribution in [-0.4, -0.2) is 35.4 Å². The van der Waals surface area contributed by atoms with Gasteiger partial charge in [-0.05, 0) is 37.8 Å². The second-order valence-electron chi connectivity index (χ2n) is 5.61. The maximum Gasteiger partial charge on any atom is 0.138 e. The van der Waals surface area contributed by atoms with Gasteiger partial charge >= 0.3 is 0 Å². The molecule has 1 aromatic rings. The van der Waals surface area contributed by atoms with Crippen molar-refractivity contribution in [3.8, 4) is 0 Å². The number of hydrogen-bond donors (Lipinski definition) is 1. The number of hydrogen-bond acceptors (Lipinski definition) is 4. The first kappa shape index (κ1) is 13.5. The Balaban J connectivity index is 1.86. The van der Waals surface area contributed by atoms with Gasteiger partial charge < -0.3 is 10.5 Å². The Morgan fingerprint density at radius 1 is 1.20 bits per heavy atom. The summed E-state index contributed by atoms with van der Waals surface area (Å²) >= 11 is 0. The number of rotatable bonds is 3. The summed E-state index contributed by atoms with van der Waals surface area (Å²) < 4.78 is 14.1. The first-order valence-corrected chi connectivity index (χ1v) is 7.24. The predicted octanol–water partition coefficient (Wildman–Crippen LogP) is 2.12. The minimum atomic E-state index is -0.247. The van der Waals surface area contributed by atoms with Crippen LogP contribution < -0.4 is 5.73 Å². The molecule has 0 amide bonds. The highest BCUT2D eigenvalue weighted by molar-refractivity contribution is 5.58. The monoisotopic (exact) mass is 277 g/mol. The van der Waals surface area contributed by atoms with Gasteiger partial charge in [-0.2, -0.15) is 0 Å². The molecule has 1 aromatic carbocycles. The van der Waals surface area contributed by atoms with Crippen molar-refractivity contribution in [2.45, 2.75) is 37.8 Å². The van der Waals surface area contributed by atoms with Crippen LogP contribution in [0.15, 0.2) is 18.2 Å². The van der Waals surface area contributed by atoms with Gasteiger partial charge in [-0.1, -0.05) is 6.07 Å². The zero-order valence-corrected chi connectivity index (χ0v) is 11.5. The maximum atomic E-state index is 14.1. The summed E-state index contributed by atoms with van der Waals surface area (Å²) in [5, 5.41) is 4.31. The molecule has 5 heteroatoms. The number of anilines is 1. The lowest BCUT2D eigenvalue weighted by atomic mass is 10.0. The fraction of sp³-hybridized carbons (Fsp3) is 0.533. The molecule has 0 saturated carbocycles. The Bertz CT molecular complexity index is 508. The average Bonchev–Trinajstić information content (AvgIpc) is 3.06. The van der Waals surface area contributed by atoms with E-state index in [1.807, 2.05) is 0 Å². The van der Waals surface area contributed by atoms with Crippen LogP contribution in [0.1, 0.15) is 37.3 Å². The van der Waals surface area contributed by atoms with Gasteiger partial charge in [-0.15, -0.1) is 0 Å². The zero-order chi connectivity index (χ0) is 14.1. The third-order valence-electron chi connectivity index (χ3n) is 4.37. The number of halogens is 1. The number of nitrogen functional groups attached to an aromatic ring is 1. The van der Waals surface area contributed by atoms with E-state index in [-0.39, 0.29) is 17.9 Å². The Hall–Kier alpha value is -1.46. The number of nitrogens with zero attached hydrogens (tertiary/aromatic N) is 2. The molecule has 0 radical (unpaired) electrons. The Labute approximate surface area is 118 Å². The molecule has 4 nitrogen and oxygen atoms in total. The minimum absolute atomic E-state index is 0.0242. The van der Waals surface area contributed by atoms with Crippen LogP contribution in [0, 0.1) is 5.82 Å². The molecule has 2 aliphatic heterocycles. The lowest BCUT2D eigenvalue weighted by Crippen LogP contribution is -2.45. The van der Waals surface area contributed by atoms with Crippen LogP contribution in [0.25, 0.3) is 0 Å². The summed E-state index contributed by atoms with van der Waals surface area (Å²) in [5.74, 6) is -0.247. The van der Waals surface area contributed by atoms with Crippen LogP contribution in [0.5, 0.6) is 0 Å². The van der Waals surface area contributed by atoms with Crippen molar-refractivity contribution in [2.75, 3.05) is 18.8 Å². The normalized spacial score (nSPS) is 28.1. The van der Waals surface area contributed by atoms with Crippen LogP contribution in [0.2, 0.25) is 0 Å². The first-order chi connectivity index (χ1) is 9.70. The molecule has 0 spiro atoms. The zero-order valence-electron chi connectivity index (χ0n) is 11.5. The summed E-state index contributed by atoms with van der Waals surface area (Å²) in [6.45, 7) is 1.77. The van der Waals surface area contributed by atoms with E-state index in [1.165, 1.54) is 6.07 Å². The Kier molecular flexibility index (Phi) is 3.72. The summed E-state index contributed by atoms with van der Waals surface area (Å²) in [6.07, 6.45) is 4.88. The topological polar surface area (TPSA) is 49.6 Å². The SMILES string of the molecule is Nc1ccc(C2CCCN2N2CCC[C@H]2C=O)c(F)c1. The van der Waals surface area contributed by atoms with Crippen LogP contribution in [0.3, 0.4) is 0 Å². The van der Waals surface area contributed by atoms with Crippen molar-refractivity contribution in [1.29, 1.82) is 0 Å². The number of aldehydes is 1. The highest BCUT2D eigenvalue weighted by atomic mass is 19.1. The van der Waals surface area contributed by atoms with E-state index in [9.17, 15) is 9.18 Å². The Morgan fingerprint density at radius 3 is 2.70 bits per heavy atom. The molecular formula is C15H20FN3O. The molecule has 20 heavy (non-hydrogen) atoms. The molecule has 2 heterocycles. The first-order valence-electron chi connectivity index (χ1n) is 7.24. The van der Waals surface area contributed by atoms with Crippen molar-refractivity contribution < 1.29 is 9.18 Å². The Morgan fingerprint density at radius 2 is 1.95 bits per heavy atom. The van der Waals surface area contributed by atoms with E-state index in [4.69, 9.17) is 5.73 Å². The van der Waals surface area contributed by atoms with E-state index < -0.39 is 0 Å². The van der Waals surface area contributed by atoms with Crippen LogP contribution in [-0.2, 0) is 4.79 Å². The molecule has 3 rings (SSSR count). The smallest absolute Gasteiger partial charge is 0.138 e. The molecule has 1 unspecified atom stereocenters. The highest BCUT2D eigenvalue weighted by Crippen LogP contribution is 2.37. The molecule has 2 fully saturated rings. The number of benzene rings is 1. The largest absolute Gasteiger partial charge is 0.399 e. The van der Waals surface area contributed by atoms with Crippen molar-refractivity contribution in [2.24, 2.45) is 0 Å². The van der Waals surface area contributed by atoms with E-state index in [0.717, 1.165) is 45.1 Å². The molecule has 108 valence electrons. The van der Waals surface area contributed by atoms with E-state index in [2.05, 4.69) is 10.0 Å². The van der Waals surface area contributed by atoms with Crippen molar-refractivity contribution in [1.82, 2.24) is 10.0 Å². The van der Waals surface area contributed by atoms with Gasteiger partial charge in [0.2, 0.25) is 0 Å². The van der Waals surface area contributed by atoms with Gasteiger partial charge in [0.1, 0.15) is 12.1 Å². The average molecular weight is 277 g/mol. The second-order valence-corrected chi connectivity index (χ2v) is 5.61.